The lowest BCUT2D eigenvalue weighted by atomic mass is 9.84. The molecule has 2 aromatic rings. The lowest BCUT2D eigenvalue weighted by molar-refractivity contribution is -0.386. The topological polar surface area (TPSA) is 167 Å². The van der Waals surface area contributed by atoms with Crippen LogP contribution >= 0.6 is 0 Å². The number of benzene rings is 2. The molecule has 0 saturated carbocycles. The van der Waals surface area contributed by atoms with Crippen LogP contribution < -0.4 is 0 Å². The first-order valence-corrected chi connectivity index (χ1v) is 8.39. The summed E-state index contributed by atoms with van der Waals surface area (Å²) >= 11 is 0. The summed E-state index contributed by atoms with van der Waals surface area (Å²) in [6.45, 7) is 3.59. The Labute approximate surface area is 159 Å². The van der Waals surface area contributed by atoms with Crippen molar-refractivity contribution < 1.29 is 30.3 Å². The monoisotopic (exact) mass is 392 g/mol. The van der Waals surface area contributed by atoms with E-state index in [0.717, 1.165) is 24.3 Å². The molecule has 0 spiro atoms. The number of nitro benzene ring substituents is 2. The van der Waals surface area contributed by atoms with Gasteiger partial charge in [0.1, 0.15) is 0 Å². The zero-order valence-corrected chi connectivity index (χ0v) is 15.2. The van der Waals surface area contributed by atoms with Gasteiger partial charge in [0, 0.05) is 11.1 Å². The van der Waals surface area contributed by atoms with Gasteiger partial charge in [0.05, 0.1) is 22.0 Å². The van der Waals surface area contributed by atoms with E-state index in [1.807, 2.05) is 0 Å². The minimum absolute atomic E-state index is 0.184. The fraction of sp³-hybridized carbons (Fsp3) is 0.333. The van der Waals surface area contributed by atoms with Crippen molar-refractivity contribution in [2.24, 2.45) is 11.8 Å². The number of aromatic hydroxyl groups is 4. The van der Waals surface area contributed by atoms with Crippen LogP contribution in [-0.4, -0.2) is 30.3 Å². The molecule has 28 heavy (non-hydrogen) atoms. The number of hydrogen-bond donors (Lipinski definition) is 4. The van der Waals surface area contributed by atoms with E-state index in [2.05, 4.69) is 0 Å². The molecule has 10 nitrogen and oxygen atoms in total. The molecule has 4 N–H and O–H groups in total. The normalized spacial score (nSPS) is 13.1. The standard InChI is InChI=1S/C18H20N2O8/c1-9(3-11-5-15(21)17(23)7-13(11)19(25)26)10(2)4-12-6-16(22)18(24)8-14(12)20(27)28/h5-10,21-24H,3-4H2,1-2H3/t9-,10+. The lowest BCUT2D eigenvalue weighted by Gasteiger charge is -2.20. The predicted octanol–water partition coefficient (Wildman–Crippen LogP) is 3.38. The van der Waals surface area contributed by atoms with Gasteiger partial charge in [-0.15, -0.1) is 0 Å². The number of rotatable bonds is 7. The zero-order valence-electron chi connectivity index (χ0n) is 15.2. The number of phenols is 4. The maximum absolute atomic E-state index is 11.2. The lowest BCUT2D eigenvalue weighted by Crippen LogP contribution is -2.15. The Balaban J connectivity index is 2.27. The summed E-state index contributed by atoms with van der Waals surface area (Å²) in [7, 11) is 0. The number of nitro groups is 2. The van der Waals surface area contributed by atoms with Crippen LogP contribution in [-0.2, 0) is 12.8 Å². The first-order valence-electron chi connectivity index (χ1n) is 8.39. The van der Waals surface area contributed by atoms with Gasteiger partial charge >= 0.3 is 0 Å². The molecule has 0 saturated heterocycles. The predicted molar refractivity (Wildman–Crippen MR) is 98.6 cm³/mol. The van der Waals surface area contributed by atoms with Crippen LogP contribution in [0.2, 0.25) is 0 Å². The molecular formula is C18H20N2O8. The van der Waals surface area contributed by atoms with Crippen molar-refractivity contribution in [3.8, 4) is 23.0 Å². The molecule has 0 aromatic heterocycles. The van der Waals surface area contributed by atoms with Gasteiger partial charge in [0.2, 0.25) is 0 Å². The van der Waals surface area contributed by atoms with Crippen LogP contribution in [0.5, 0.6) is 23.0 Å². The second-order valence-electron chi connectivity index (χ2n) is 6.82. The van der Waals surface area contributed by atoms with E-state index in [1.54, 1.807) is 13.8 Å². The zero-order chi connectivity index (χ0) is 21.2. The van der Waals surface area contributed by atoms with Crippen LogP contribution in [0.1, 0.15) is 25.0 Å². The first kappa shape index (κ1) is 20.7. The quantitative estimate of drug-likeness (QED) is 0.316. The van der Waals surface area contributed by atoms with Crippen molar-refractivity contribution in [2.45, 2.75) is 26.7 Å². The number of phenolic OH excluding ortho intramolecular Hbond substituents is 4. The van der Waals surface area contributed by atoms with Crippen LogP contribution in [0.25, 0.3) is 0 Å². The molecule has 0 aliphatic rings. The summed E-state index contributed by atoms with van der Waals surface area (Å²) in [5.41, 5.74) is -0.212. The molecule has 150 valence electrons. The molecule has 0 heterocycles. The summed E-state index contributed by atoms with van der Waals surface area (Å²) < 4.78 is 0. The van der Waals surface area contributed by atoms with E-state index in [-0.39, 0.29) is 47.2 Å². The van der Waals surface area contributed by atoms with Gasteiger partial charge in [-0.25, -0.2) is 0 Å². The van der Waals surface area contributed by atoms with E-state index in [0.29, 0.717) is 0 Å². The Kier molecular flexibility index (Phi) is 5.92. The molecule has 0 aliphatic heterocycles. The van der Waals surface area contributed by atoms with Gasteiger partial charge in [-0.2, -0.15) is 0 Å². The third-order valence-corrected chi connectivity index (χ3v) is 4.80. The molecule has 2 atom stereocenters. The van der Waals surface area contributed by atoms with Crippen molar-refractivity contribution in [3.63, 3.8) is 0 Å². The van der Waals surface area contributed by atoms with Crippen molar-refractivity contribution >= 4 is 11.4 Å². The Bertz CT molecular complexity index is 853. The molecule has 0 aliphatic carbocycles. The van der Waals surface area contributed by atoms with Gasteiger partial charge in [0.25, 0.3) is 11.4 Å². The van der Waals surface area contributed by atoms with Crippen LogP contribution in [0.4, 0.5) is 11.4 Å². The van der Waals surface area contributed by atoms with Crippen molar-refractivity contribution in [1.29, 1.82) is 0 Å². The molecule has 10 heteroatoms. The highest BCUT2D eigenvalue weighted by molar-refractivity contribution is 5.54. The summed E-state index contributed by atoms with van der Waals surface area (Å²) in [6.07, 6.45) is 0.367. The summed E-state index contributed by atoms with van der Waals surface area (Å²) in [5.74, 6) is -2.52. The summed E-state index contributed by atoms with van der Waals surface area (Å²) in [4.78, 5) is 21.1. The third-order valence-electron chi connectivity index (χ3n) is 4.80. The minimum atomic E-state index is -0.658. The second kappa shape index (κ2) is 7.99. The van der Waals surface area contributed by atoms with Crippen LogP contribution in [0.3, 0.4) is 0 Å². The fourth-order valence-electron chi connectivity index (χ4n) is 2.98. The van der Waals surface area contributed by atoms with E-state index >= 15 is 0 Å². The van der Waals surface area contributed by atoms with Gasteiger partial charge in [-0.05, 0) is 36.8 Å². The number of nitrogens with zero attached hydrogens (tertiary/aromatic N) is 2. The van der Waals surface area contributed by atoms with Gasteiger partial charge < -0.3 is 20.4 Å². The Morgan fingerprint density at radius 1 is 0.714 bits per heavy atom. The molecule has 2 aromatic carbocycles. The van der Waals surface area contributed by atoms with Crippen LogP contribution in [0, 0.1) is 32.1 Å². The van der Waals surface area contributed by atoms with Crippen molar-refractivity contribution in [2.75, 3.05) is 0 Å². The van der Waals surface area contributed by atoms with Crippen LogP contribution in [0.15, 0.2) is 24.3 Å². The smallest absolute Gasteiger partial charge is 0.276 e. The Morgan fingerprint density at radius 3 is 1.29 bits per heavy atom. The Hall–Kier alpha value is -3.56. The molecule has 2 rings (SSSR count). The summed E-state index contributed by atoms with van der Waals surface area (Å²) in [6, 6.07) is 4.02. The highest BCUT2D eigenvalue weighted by atomic mass is 16.6. The minimum Gasteiger partial charge on any atom is -0.504 e. The van der Waals surface area contributed by atoms with Gasteiger partial charge in [0.15, 0.2) is 23.0 Å². The molecule has 0 fully saturated rings. The molecule has 0 amide bonds. The Morgan fingerprint density at radius 2 is 1.00 bits per heavy atom. The van der Waals surface area contributed by atoms with Crippen molar-refractivity contribution in [1.82, 2.24) is 0 Å². The third kappa shape index (κ3) is 4.40. The maximum atomic E-state index is 11.2. The number of hydrogen-bond acceptors (Lipinski definition) is 8. The first-order chi connectivity index (χ1) is 13.0. The van der Waals surface area contributed by atoms with Crippen molar-refractivity contribution in [3.05, 3.63) is 55.6 Å². The van der Waals surface area contributed by atoms with Gasteiger partial charge in [-0.3, -0.25) is 20.2 Å². The average Bonchev–Trinajstić information content (AvgIpc) is 2.60. The molecule has 0 radical (unpaired) electrons. The molecule has 0 unspecified atom stereocenters. The molecule has 0 bridgehead atoms. The van der Waals surface area contributed by atoms with E-state index in [4.69, 9.17) is 0 Å². The fourth-order valence-corrected chi connectivity index (χ4v) is 2.98. The van der Waals surface area contributed by atoms with E-state index in [9.17, 15) is 40.7 Å². The largest absolute Gasteiger partial charge is 0.504 e. The van der Waals surface area contributed by atoms with E-state index in [1.165, 1.54) is 0 Å². The molecular weight excluding hydrogens is 372 g/mol. The maximum Gasteiger partial charge on any atom is 0.276 e. The van der Waals surface area contributed by atoms with Gasteiger partial charge in [-0.1, -0.05) is 13.8 Å². The second-order valence-corrected chi connectivity index (χ2v) is 6.82. The van der Waals surface area contributed by atoms with E-state index < -0.39 is 32.8 Å². The summed E-state index contributed by atoms with van der Waals surface area (Å²) in [5, 5.41) is 60.7. The average molecular weight is 392 g/mol. The SMILES string of the molecule is C[C@H](Cc1cc(O)c(O)cc1[N+](=O)[O-])[C@@H](C)Cc1cc(O)c(O)cc1[N+](=O)[O-]. The highest BCUT2D eigenvalue weighted by Crippen LogP contribution is 2.37. The highest BCUT2D eigenvalue weighted by Gasteiger charge is 2.25.